The van der Waals surface area contributed by atoms with E-state index in [9.17, 15) is 4.79 Å². The predicted octanol–water partition coefficient (Wildman–Crippen LogP) is 5.50. The number of halogens is 1. The van der Waals surface area contributed by atoms with Crippen molar-refractivity contribution < 1.29 is 4.79 Å². The van der Waals surface area contributed by atoms with Crippen LogP contribution in [0.3, 0.4) is 0 Å². The molecule has 3 heterocycles. The Bertz CT molecular complexity index is 1500. The minimum Gasteiger partial charge on any atom is -0.284 e. The summed E-state index contributed by atoms with van der Waals surface area (Å²) >= 11 is 10.2. The van der Waals surface area contributed by atoms with Gasteiger partial charge in [-0.15, -0.1) is 26.6 Å². The number of nitrogens with one attached hydrogen (secondary N) is 1. The lowest BCUT2D eigenvalue weighted by Crippen LogP contribution is -2.25. The van der Waals surface area contributed by atoms with Gasteiger partial charge in [-0.05, 0) is 42.0 Å². The molecule has 1 amide bonds. The van der Waals surface area contributed by atoms with Gasteiger partial charge in [0, 0.05) is 22.3 Å². The zero-order valence-corrected chi connectivity index (χ0v) is 21.2. The van der Waals surface area contributed by atoms with Gasteiger partial charge in [0.25, 0.3) is 5.91 Å². The van der Waals surface area contributed by atoms with E-state index in [1.165, 1.54) is 34.4 Å². The molecule has 0 atom stereocenters. The molecule has 0 fully saturated rings. The van der Waals surface area contributed by atoms with Crippen LogP contribution >= 0.6 is 46.0 Å². The van der Waals surface area contributed by atoms with Crippen LogP contribution in [0.15, 0.2) is 93.8 Å². The third-order valence-electron chi connectivity index (χ3n) is 4.76. The van der Waals surface area contributed by atoms with E-state index >= 15 is 0 Å². The molecule has 0 aliphatic heterocycles. The van der Waals surface area contributed by atoms with Crippen molar-refractivity contribution in [3.63, 3.8) is 0 Å². The van der Waals surface area contributed by atoms with Gasteiger partial charge in [0.2, 0.25) is 4.80 Å². The van der Waals surface area contributed by atoms with Gasteiger partial charge in [-0.3, -0.25) is 14.3 Å². The summed E-state index contributed by atoms with van der Waals surface area (Å²) in [4.78, 5) is 17.4. The number of rotatable bonds is 7. The molecule has 1 N–H and O–H groups in total. The molecular formula is C24H17ClN6OS3. The highest BCUT2D eigenvalue weighted by Crippen LogP contribution is 2.28. The summed E-state index contributed by atoms with van der Waals surface area (Å²) in [6.45, 7) is 0. The first-order chi connectivity index (χ1) is 17.2. The molecule has 0 saturated carbocycles. The molecule has 0 bridgehead atoms. The van der Waals surface area contributed by atoms with Gasteiger partial charge in [-0.2, -0.15) is 0 Å². The summed E-state index contributed by atoms with van der Waals surface area (Å²) in [7, 11) is 0. The van der Waals surface area contributed by atoms with Crippen molar-refractivity contribution in [2.75, 3.05) is 5.75 Å². The zero-order valence-electron chi connectivity index (χ0n) is 18.0. The molecule has 0 aliphatic carbocycles. The Morgan fingerprint density at radius 3 is 2.60 bits per heavy atom. The van der Waals surface area contributed by atoms with E-state index in [0.717, 1.165) is 22.6 Å². The lowest BCUT2D eigenvalue weighted by atomic mass is 10.1. The Hall–Kier alpha value is -3.31. The molecule has 11 heteroatoms. The van der Waals surface area contributed by atoms with Crippen LogP contribution in [0.4, 0.5) is 0 Å². The zero-order chi connectivity index (χ0) is 24.0. The van der Waals surface area contributed by atoms with Gasteiger partial charge in [-0.1, -0.05) is 71.1 Å². The predicted molar refractivity (Wildman–Crippen MR) is 142 cm³/mol. The second kappa shape index (κ2) is 11.0. The number of pyridine rings is 1. The summed E-state index contributed by atoms with van der Waals surface area (Å²) in [6, 6.07) is 23.2. The Balaban J connectivity index is 1.33. The lowest BCUT2D eigenvalue weighted by Gasteiger charge is -2.09. The SMILES string of the molecule is O=C(CSc1nnc(-c2ccccn2)s1)N/N=c1/scc(-c2ccccc2)n1-c1ccc(Cl)cc1. The minimum atomic E-state index is -0.234. The quantitative estimate of drug-likeness (QED) is 0.219. The maximum Gasteiger partial charge on any atom is 0.250 e. The smallest absolute Gasteiger partial charge is 0.250 e. The summed E-state index contributed by atoms with van der Waals surface area (Å²) in [5.74, 6) is -0.0695. The van der Waals surface area contributed by atoms with Crippen LogP contribution in [0.2, 0.25) is 5.02 Å². The van der Waals surface area contributed by atoms with Crippen molar-refractivity contribution in [3.05, 3.63) is 94.2 Å². The Morgan fingerprint density at radius 1 is 1.03 bits per heavy atom. The molecule has 5 rings (SSSR count). The van der Waals surface area contributed by atoms with E-state index < -0.39 is 0 Å². The molecule has 0 spiro atoms. The number of benzene rings is 2. The number of thioether (sulfide) groups is 1. The van der Waals surface area contributed by atoms with Crippen molar-refractivity contribution in [2.24, 2.45) is 5.10 Å². The number of thiazole rings is 1. The van der Waals surface area contributed by atoms with Crippen LogP contribution in [-0.2, 0) is 4.79 Å². The van der Waals surface area contributed by atoms with Crippen LogP contribution in [0, 0.1) is 0 Å². The van der Waals surface area contributed by atoms with Crippen LogP contribution in [0.1, 0.15) is 0 Å². The third kappa shape index (κ3) is 5.68. The van der Waals surface area contributed by atoms with Crippen LogP contribution in [0.5, 0.6) is 0 Å². The van der Waals surface area contributed by atoms with E-state index in [2.05, 4.69) is 25.7 Å². The fraction of sp³-hybridized carbons (Fsp3) is 0.0417. The van der Waals surface area contributed by atoms with Gasteiger partial charge < -0.3 is 0 Å². The van der Waals surface area contributed by atoms with E-state index in [-0.39, 0.29) is 11.7 Å². The normalized spacial score (nSPS) is 11.5. The summed E-state index contributed by atoms with van der Waals surface area (Å²) in [5, 5.41) is 16.1. The Morgan fingerprint density at radius 2 is 1.83 bits per heavy atom. The topological polar surface area (TPSA) is 85.1 Å². The highest BCUT2D eigenvalue weighted by atomic mass is 35.5. The van der Waals surface area contributed by atoms with E-state index in [1.54, 1.807) is 6.20 Å². The fourth-order valence-corrected chi connectivity index (χ4v) is 5.78. The number of amides is 1. The summed E-state index contributed by atoms with van der Waals surface area (Å²) in [6.07, 6.45) is 1.71. The molecule has 0 aliphatic rings. The van der Waals surface area contributed by atoms with E-state index in [1.807, 2.05) is 82.7 Å². The summed E-state index contributed by atoms with van der Waals surface area (Å²) < 4.78 is 2.69. The molecule has 0 radical (unpaired) electrons. The minimum absolute atomic E-state index is 0.165. The average molecular weight is 537 g/mol. The second-order valence-electron chi connectivity index (χ2n) is 7.10. The number of carbonyl (C=O) groups is 1. The Kier molecular flexibility index (Phi) is 7.34. The van der Waals surface area contributed by atoms with E-state index in [4.69, 9.17) is 11.6 Å². The highest BCUT2D eigenvalue weighted by molar-refractivity contribution is 8.01. The third-order valence-corrected chi connectivity index (χ3v) is 7.91. The fourth-order valence-electron chi connectivity index (χ4n) is 3.17. The standard InChI is InChI=1S/C24H17ClN6OS3/c25-17-9-11-18(12-10-17)31-20(16-6-2-1-3-7-16)14-33-23(31)29-27-21(32)15-34-24-30-28-22(35-24)19-8-4-5-13-26-19/h1-14H,15H2,(H,27,32)/b29-23+. The molecule has 174 valence electrons. The number of nitrogens with zero attached hydrogens (tertiary/aromatic N) is 5. The van der Waals surface area contributed by atoms with Crippen molar-refractivity contribution in [3.8, 4) is 27.6 Å². The number of carbonyl (C=O) groups excluding carboxylic acids is 1. The first kappa shape index (κ1) is 23.4. The van der Waals surface area contributed by atoms with Crippen LogP contribution < -0.4 is 10.2 Å². The van der Waals surface area contributed by atoms with Gasteiger partial charge in [-0.25, -0.2) is 5.43 Å². The largest absolute Gasteiger partial charge is 0.284 e. The molecule has 0 unspecified atom stereocenters. The molecular weight excluding hydrogens is 520 g/mol. The average Bonchev–Trinajstić information content (AvgIpc) is 3.55. The molecule has 7 nitrogen and oxygen atoms in total. The number of hydrogen-bond acceptors (Lipinski definition) is 8. The Labute approximate surface area is 218 Å². The van der Waals surface area contributed by atoms with Crippen LogP contribution in [-0.4, -0.2) is 31.4 Å². The molecule has 5 aromatic rings. The highest BCUT2D eigenvalue weighted by Gasteiger charge is 2.12. The van der Waals surface area contributed by atoms with Gasteiger partial charge in [0.1, 0.15) is 5.69 Å². The maximum absolute atomic E-state index is 12.5. The molecule has 0 saturated heterocycles. The number of aromatic nitrogens is 4. The molecule has 35 heavy (non-hydrogen) atoms. The molecule has 3 aromatic heterocycles. The van der Waals surface area contributed by atoms with Gasteiger partial charge in [0.05, 0.1) is 11.4 Å². The second-order valence-corrected chi connectivity index (χ2v) is 10.6. The van der Waals surface area contributed by atoms with Crippen LogP contribution in [0.25, 0.3) is 27.6 Å². The van der Waals surface area contributed by atoms with Crippen molar-refractivity contribution in [2.45, 2.75) is 4.34 Å². The summed E-state index contributed by atoms with van der Waals surface area (Å²) in [5.41, 5.74) is 6.33. The maximum atomic E-state index is 12.5. The van der Waals surface area contributed by atoms with Crippen molar-refractivity contribution in [1.82, 2.24) is 25.2 Å². The number of hydrogen-bond donors (Lipinski definition) is 1. The monoisotopic (exact) mass is 536 g/mol. The first-order valence-electron chi connectivity index (χ1n) is 10.4. The first-order valence-corrected chi connectivity index (χ1v) is 13.5. The van der Waals surface area contributed by atoms with Crippen molar-refractivity contribution >= 4 is 51.9 Å². The lowest BCUT2D eigenvalue weighted by molar-refractivity contribution is -0.118. The molecule has 2 aromatic carbocycles. The van der Waals surface area contributed by atoms with Gasteiger partial charge in [0.15, 0.2) is 9.35 Å². The van der Waals surface area contributed by atoms with Gasteiger partial charge >= 0.3 is 0 Å². The van der Waals surface area contributed by atoms with Crippen molar-refractivity contribution in [1.29, 1.82) is 0 Å². The van der Waals surface area contributed by atoms with E-state index in [0.29, 0.717) is 19.2 Å².